The van der Waals surface area contributed by atoms with Gasteiger partial charge < -0.3 is 14.6 Å². The third-order valence-electron chi connectivity index (χ3n) is 15.5. The predicted molar refractivity (Wildman–Crippen MR) is 343 cm³/mol. The summed E-state index contributed by atoms with van der Waals surface area (Å²) in [5.41, 5.74) is 0. The van der Waals surface area contributed by atoms with Crippen LogP contribution in [0.1, 0.15) is 361 Å². The number of hydrogen-bond acceptors (Lipinski definition) is 5. The lowest BCUT2D eigenvalue weighted by Gasteiger charge is -2.15. The van der Waals surface area contributed by atoms with Crippen LogP contribution in [0.3, 0.4) is 0 Å². The minimum atomic E-state index is -0.773. The molecule has 0 bridgehead atoms. The van der Waals surface area contributed by atoms with Gasteiger partial charge in [0.25, 0.3) is 0 Å². The maximum atomic E-state index is 12.4. The van der Waals surface area contributed by atoms with Gasteiger partial charge in [-0.2, -0.15) is 0 Å². The molecule has 0 radical (unpaired) electrons. The summed E-state index contributed by atoms with van der Waals surface area (Å²) in [6.45, 7) is 4.08. The summed E-state index contributed by atoms with van der Waals surface area (Å²) in [5.74, 6) is -0.571. The van der Waals surface area contributed by atoms with Crippen molar-refractivity contribution in [2.24, 2.45) is 0 Å². The molecule has 0 aromatic heterocycles. The maximum Gasteiger partial charge on any atom is 0.306 e. The fraction of sp³-hybridized carbons (Fsp3) is 0.808. The van der Waals surface area contributed by atoms with Crippen LogP contribution in [-0.4, -0.2) is 36.4 Å². The number of allylic oxidation sites excluding steroid dienone is 12. The summed E-state index contributed by atoms with van der Waals surface area (Å²) in [7, 11) is 0. The van der Waals surface area contributed by atoms with Crippen LogP contribution < -0.4 is 0 Å². The van der Waals surface area contributed by atoms with Crippen LogP contribution in [0.15, 0.2) is 72.9 Å². The summed E-state index contributed by atoms with van der Waals surface area (Å²) in [4.78, 5) is 24.6. The Morgan fingerprint density at radius 3 is 0.846 bits per heavy atom. The summed E-state index contributed by atoms with van der Waals surface area (Å²) in [5, 5.41) is 9.70. The van der Waals surface area contributed by atoms with Crippen molar-refractivity contribution in [3.05, 3.63) is 72.9 Å². The van der Waals surface area contributed by atoms with Crippen LogP contribution in [0, 0.1) is 0 Å². The van der Waals surface area contributed by atoms with Crippen molar-refractivity contribution in [2.45, 2.75) is 367 Å². The Kier molecular flexibility index (Phi) is 66.3. The number of esters is 2. The van der Waals surface area contributed by atoms with Gasteiger partial charge in [0.15, 0.2) is 6.10 Å². The first-order valence-electron chi connectivity index (χ1n) is 34.5. The number of carbonyl (C=O) groups excluding carboxylic acids is 2. The minimum absolute atomic E-state index is 0.0620. The van der Waals surface area contributed by atoms with Crippen molar-refractivity contribution in [3.63, 3.8) is 0 Å². The van der Waals surface area contributed by atoms with Gasteiger partial charge in [-0.1, -0.05) is 337 Å². The monoisotopic (exact) mass is 1090 g/mol. The smallest absolute Gasteiger partial charge is 0.306 e. The van der Waals surface area contributed by atoms with E-state index in [0.717, 1.165) is 70.6 Å². The zero-order chi connectivity index (χ0) is 56.2. The molecule has 0 fully saturated rings. The van der Waals surface area contributed by atoms with Gasteiger partial charge >= 0.3 is 11.9 Å². The van der Waals surface area contributed by atoms with Crippen LogP contribution in [0.5, 0.6) is 0 Å². The zero-order valence-electron chi connectivity index (χ0n) is 52.2. The van der Waals surface area contributed by atoms with E-state index in [2.05, 4.69) is 86.8 Å². The summed E-state index contributed by atoms with van der Waals surface area (Å²) in [6.07, 6.45) is 95.1. The average Bonchev–Trinajstić information content (AvgIpc) is 3.44. The van der Waals surface area contributed by atoms with E-state index >= 15 is 0 Å². The molecule has 0 spiro atoms. The molecule has 0 aliphatic rings. The molecule has 5 nitrogen and oxygen atoms in total. The van der Waals surface area contributed by atoms with Gasteiger partial charge in [0.1, 0.15) is 6.61 Å². The lowest BCUT2D eigenvalue weighted by Crippen LogP contribution is -2.28. The van der Waals surface area contributed by atoms with E-state index < -0.39 is 6.10 Å². The van der Waals surface area contributed by atoms with Gasteiger partial charge in [0, 0.05) is 12.8 Å². The summed E-state index contributed by atoms with van der Waals surface area (Å²) >= 11 is 0. The zero-order valence-corrected chi connectivity index (χ0v) is 52.2. The number of ether oxygens (including phenoxy) is 2. The van der Waals surface area contributed by atoms with Crippen LogP contribution in [-0.2, 0) is 19.1 Å². The Labute approximate surface area is 486 Å². The molecule has 0 amide bonds. The van der Waals surface area contributed by atoms with Gasteiger partial charge in [-0.3, -0.25) is 9.59 Å². The number of carbonyl (C=O) groups is 2. The molecule has 0 aromatic carbocycles. The minimum Gasteiger partial charge on any atom is -0.462 e. The molecular formula is C73H132O5. The summed E-state index contributed by atoms with van der Waals surface area (Å²) in [6, 6.07) is 0. The number of unbranched alkanes of at least 4 members (excludes halogenated alkanes) is 44. The average molecular weight is 1090 g/mol. The molecule has 1 N–H and O–H groups in total. The van der Waals surface area contributed by atoms with E-state index in [4.69, 9.17) is 9.47 Å². The van der Waals surface area contributed by atoms with Gasteiger partial charge in [-0.05, 0) is 83.5 Å². The third-order valence-corrected chi connectivity index (χ3v) is 15.5. The molecule has 0 saturated heterocycles. The Hall–Kier alpha value is -2.66. The molecule has 78 heavy (non-hydrogen) atoms. The number of hydrogen-bond donors (Lipinski definition) is 1. The standard InChI is InChI=1S/C73H132O5/c1-3-5-7-9-11-13-15-17-19-21-23-25-27-29-31-33-34-35-36-37-38-40-42-44-46-48-50-52-54-56-58-60-62-64-66-68-73(76)78-71(69-74)70-77-72(75)67-65-63-61-59-57-55-53-51-49-47-45-43-41-39-32-30-28-26-24-22-20-18-16-14-12-10-8-6-4-2/h5,7,11,13,17,19,22-25,29,31,71,74H,3-4,6,8-10,12,14-16,18,20-21,26-28,30,32-70H2,1-2H3/b7-5-,13-11-,19-17-,24-22-,25-23-,31-29-. The van der Waals surface area contributed by atoms with E-state index in [1.54, 1.807) is 0 Å². The molecule has 0 heterocycles. The highest BCUT2D eigenvalue weighted by atomic mass is 16.6. The quantitative estimate of drug-likeness (QED) is 0.0373. The lowest BCUT2D eigenvalue weighted by molar-refractivity contribution is -0.161. The third kappa shape index (κ3) is 65.9. The van der Waals surface area contributed by atoms with E-state index in [1.165, 1.54) is 263 Å². The van der Waals surface area contributed by atoms with Crippen molar-refractivity contribution in [1.29, 1.82) is 0 Å². The Morgan fingerprint density at radius 1 is 0.308 bits per heavy atom. The Balaban J connectivity index is 3.42. The maximum absolute atomic E-state index is 12.4. The normalized spacial score (nSPS) is 12.6. The van der Waals surface area contributed by atoms with Crippen molar-refractivity contribution < 1.29 is 24.2 Å². The highest BCUT2D eigenvalue weighted by Crippen LogP contribution is 2.18. The number of aliphatic hydroxyl groups is 1. The highest BCUT2D eigenvalue weighted by Gasteiger charge is 2.16. The van der Waals surface area contributed by atoms with Gasteiger partial charge in [-0.25, -0.2) is 0 Å². The molecule has 1 unspecified atom stereocenters. The first-order chi connectivity index (χ1) is 38.6. The van der Waals surface area contributed by atoms with E-state index in [9.17, 15) is 14.7 Å². The van der Waals surface area contributed by atoms with Crippen LogP contribution in [0.4, 0.5) is 0 Å². The Morgan fingerprint density at radius 2 is 0.551 bits per heavy atom. The van der Waals surface area contributed by atoms with Gasteiger partial charge in [0.05, 0.1) is 6.61 Å². The fourth-order valence-corrected chi connectivity index (χ4v) is 10.3. The lowest BCUT2D eigenvalue weighted by atomic mass is 10.0. The number of rotatable bonds is 64. The molecule has 0 aromatic rings. The van der Waals surface area contributed by atoms with Crippen molar-refractivity contribution in [1.82, 2.24) is 0 Å². The van der Waals surface area contributed by atoms with Crippen LogP contribution in [0.2, 0.25) is 0 Å². The van der Waals surface area contributed by atoms with Crippen LogP contribution in [0.25, 0.3) is 0 Å². The van der Waals surface area contributed by atoms with E-state index in [0.29, 0.717) is 12.8 Å². The molecule has 0 aliphatic carbocycles. The molecule has 454 valence electrons. The SMILES string of the molecule is CC/C=C\C/C=C\C/C=C\C/C=C\C/C=C\CCCCCCCCCCCCCCCCCCCCCC(=O)OC(CO)COC(=O)CCCCCCCCCCCCCCCCCCC/C=C\CCCCCCCCCC. The largest absolute Gasteiger partial charge is 0.462 e. The fourth-order valence-electron chi connectivity index (χ4n) is 10.3. The second kappa shape index (κ2) is 68.6. The van der Waals surface area contributed by atoms with Crippen molar-refractivity contribution in [3.8, 4) is 0 Å². The second-order valence-corrected chi connectivity index (χ2v) is 23.2. The van der Waals surface area contributed by atoms with E-state index in [-0.39, 0.29) is 25.2 Å². The molecule has 5 heteroatoms. The van der Waals surface area contributed by atoms with Gasteiger partial charge in [-0.15, -0.1) is 0 Å². The predicted octanol–water partition coefficient (Wildman–Crippen LogP) is 23.9. The molecule has 0 saturated carbocycles. The van der Waals surface area contributed by atoms with Crippen molar-refractivity contribution in [2.75, 3.05) is 13.2 Å². The van der Waals surface area contributed by atoms with Crippen LogP contribution >= 0.6 is 0 Å². The first-order valence-corrected chi connectivity index (χ1v) is 34.5. The second-order valence-electron chi connectivity index (χ2n) is 23.2. The van der Waals surface area contributed by atoms with E-state index in [1.807, 2.05) is 0 Å². The highest BCUT2D eigenvalue weighted by molar-refractivity contribution is 5.70. The molecule has 1 atom stereocenters. The topological polar surface area (TPSA) is 72.8 Å². The van der Waals surface area contributed by atoms with Crippen molar-refractivity contribution >= 4 is 11.9 Å². The van der Waals surface area contributed by atoms with Gasteiger partial charge in [0.2, 0.25) is 0 Å². The molecule has 0 rings (SSSR count). The Bertz CT molecular complexity index is 1370. The molecular weight excluding hydrogens is 957 g/mol. The first kappa shape index (κ1) is 75.3. The summed E-state index contributed by atoms with van der Waals surface area (Å²) < 4.78 is 10.8. The number of aliphatic hydroxyl groups excluding tert-OH is 1. The molecule has 0 aliphatic heterocycles.